The average molecular weight is 294 g/mol. The lowest BCUT2D eigenvalue weighted by Gasteiger charge is -2.07. The van der Waals surface area contributed by atoms with E-state index in [9.17, 15) is 4.79 Å². The second-order valence-electron chi connectivity index (χ2n) is 4.50. The summed E-state index contributed by atoms with van der Waals surface area (Å²) in [6.45, 7) is 6.31. The molecule has 5 nitrogen and oxygen atoms in total. The Morgan fingerprint density at radius 1 is 1.40 bits per heavy atom. The molecule has 0 saturated heterocycles. The van der Waals surface area contributed by atoms with E-state index in [-0.39, 0.29) is 5.69 Å². The lowest BCUT2D eigenvalue weighted by Crippen LogP contribution is -2.09. The van der Waals surface area contributed by atoms with Gasteiger partial charge < -0.3 is 4.74 Å². The highest BCUT2D eigenvalue weighted by Crippen LogP contribution is 2.19. The van der Waals surface area contributed by atoms with Crippen molar-refractivity contribution >= 4 is 17.6 Å². The smallest absolute Gasteiger partial charge is 0.360 e. The molecule has 0 saturated carbocycles. The average Bonchev–Trinajstić information content (AvgIpc) is 2.75. The minimum atomic E-state index is -0.453. The van der Waals surface area contributed by atoms with E-state index in [0.717, 1.165) is 11.1 Å². The van der Waals surface area contributed by atoms with Crippen molar-refractivity contribution in [1.82, 2.24) is 15.0 Å². The van der Waals surface area contributed by atoms with Gasteiger partial charge in [-0.15, -0.1) is 5.10 Å². The summed E-state index contributed by atoms with van der Waals surface area (Å²) >= 11 is 6.20. The Labute approximate surface area is 122 Å². The molecule has 0 aliphatic heterocycles. The van der Waals surface area contributed by atoms with Crippen LogP contribution in [-0.2, 0) is 11.3 Å². The first-order valence-electron chi connectivity index (χ1n) is 6.35. The Morgan fingerprint density at radius 2 is 2.15 bits per heavy atom. The number of carbonyl (C=O) groups is 1. The van der Waals surface area contributed by atoms with Gasteiger partial charge in [0.25, 0.3) is 0 Å². The highest BCUT2D eigenvalue weighted by atomic mass is 35.5. The molecule has 2 aromatic rings. The minimum absolute atomic E-state index is 0.245. The lowest BCUT2D eigenvalue weighted by molar-refractivity contribution is 0.0518. The quantitative estimate of drug-likeness (QED) is 0.813. The maximum Gasteiger partial charge on any atom is 0.360 e. The van der Waals surface area contributed by atoms with Crippen LogP contribution in [0.15, 0.2) is 18.2 Å². The van der Waals surface area contributed by atoms with Gasteiger partial charge in [0.05, 0.1) is 18.8 Å². The molecule has 0 radical (unpaired) electrons. The van der Waals surface area contributed by atoms with Crippen LogP contribution in [0.4, 0.5) is 0 Å². The summed E-state index contributed by atoms with van der Waals surface area (Å²) in [7, 11) is 0. The van der Waals surface area contributed by atoms with E-state index < -0.39 is 5.97 Å². The summed E-state index contributed by atoms with van der Waals surface area (Å²) in [4.78, 5) is 11.7. The molecule has 6 heteroatoms. The number of esters is 1. The maximum atomic E-state index is 11.7. The molecule has 0 bridgehead atoms. The van der Waals surface area contributed by atoms with E-state index in [2.05, 4.69) is 10.3 Å². The monoisotopic (exact) mass is 293 g/mol. The van der Waals surface area contributed by atoms with Crippen molar-refractivity contribution in [3.8, 4) is 0 Å². The fraction of sp³-hybridized carbons (Fsp3) is 0.357. The maximum absolute atomic E-state index is 11.7. The molecular weight excluding hydrogens is 278 g/mol. The molecule has 0 amide bonds. The van der Waals surface area contributed by atoms with Gasteiger partial charge in [0.1, 0.15) is 0 Å². The second kappa shape index (κ2) is 6.05. The van der Waals surface area contributed by atoms with Crippen molar-refractivity contribution in [1.29, 1.82) is 0 Å². The largest absolute Gasteiger partial charge is 0.461 e. The first kappa shape index (κ1) is 14.5. The van der Waals surface area contributed by atoms with Crippen LogP contribution in [0.3, 0.4) is 0 Å². The van der Waals surface area contributed by atoms with Crippen LogP contribution >= 0.6 is 11.6 Å². The highest BCUT2D eigenvalue weighted by Gasteiger charge is 2.17. The lowest BCUT2D eigenvalue weighted by atomic mass is 10.1. The van der Waals surface area contributed by atoms with Crippen LogP contribution < -0.4 is 0 Å². The van der Waals surface area contributed by atoms with Gasteiger partial charge in [0.2, 0.25) is 0 Å². The van der Waals surface area contributed by atoms with Crippen LogP contribution in [0, 0.1) is 13.8 Å². The van der Waals surface area contributed by atoms with Gasteiger partial charge >= 0.3 is 5.97 Å². The van der Waals surface area contributed by atoms with Crippen molar-refractivity contribution in [3.05, 3.63) is 45.7 Å². The second-order valence-corrected chi connectivity index (χ2v) is 4.90. The van der Waals surface area contributed by atoms with E-state index in [1.165, 1.54) is 0 Å². The predicted octanol–water partition coefficient (Wildman–Crippen LogP) is 2.77. The zero-order valence-electron chi connectivity index (χ0n) is 11.7. The van der Waals surface area contributed by atoms with Crippen LogP contribution in [0.2, 0.25) is 5.02 Å². The van der Waals surface area contributed by atoms with Crippen LogP contribution in [-0.4, -0.2) is 27.6 Å². The number of hydrogen-bond donors (Lipinski definition) is 0. The van der Waals surface area contributed by atoms with Crippen LogP contribution in [0.1, 0.15) is 34.2 Å². The molecule has 0 fully saturated rings. The van der Waals surface area contributed by atoms with Gasteiger partial charge in [-0.3, -0.25) is 0 Å². The summed E-state index contributed by atoms with van der Waals surface area (Å²) in [6.07, 6.45) is 0. The van der Waals surface area contributed by atoms with Crippen LogP contribution in [0.5, 0.6) is 0 Å². The first-order chi connectivity index (χ1) is 9.52. The third-order valence-corrected chi connectivity index (χ3v) is 3.33. The number of aromatic nitrogens is 3. The fourth-order valence-electron chi connectivity index (χ4n) is 1.84. The Kier molecular flexibility index (Phi) is 4.39. The summed E-state index contributed by atoms with van der Waals surface area (Å²) in [6, 6.07) is 5.83. The Balaban J connectivity index is 2.24. The van der Waals surface area contributed by atoms with Crippen molar-refractivity contribution in [2.75, 3.05) is 6.61 Å². The number of halogens is 1. The van der Waals surface area contributed by atoms with Crippen molar-refractivity contribution in [3.63, 3.8) is 0 Å². The summed E-state index contributed by atoms with van der Waals surface area (Å²) in [5.41, 5.74) is 2.94. The Morgan fingerprint density at radius 3 is 2.80 bits per heavy atom. The molecule has 0 aliphatic rings. The summed E-state index contributed by atoms with van der Waals surface area (Å²) in [5, 5.41) is 8.54. The molecular formula is C14H16ClN3O2. The third-order valence-electron chi connectivity index (χ3n) is 2.98. The number of hydrogen-bond acceptors (Lipinski definition) is 4. The van der Waals surface area contributed by atoms with Crippen molar-refractivity contribution < 1.29 is 9.53 Å². The number of carbonyl (C=O) groups excluding carboxylic acids is 1. The molecule has 0 atom stereocenters. The topological polar surface area (TPSA) is 57.0 Å². The molecule has 2 rings (SSSR count). The SMILES string of the molecule is CCOC(=O)c1nnn(Cc2ccc(C)cc2Cl)c1C. The van der Waals surface area contributed by atoms with Gasteiger partial charge in [-0.2, -0.15) is 0 Å². The van der Waals surface area contributed by atoms with E-state index in [1.807, 2.05) is 25.1 Å². The molecule has 0 spiro atoms. The standard InChI is InChI=1S/C14H16ClN3O2/c1-4-20-14(19)13-10(3)18(17-16-13)8-11-6-5-9(2)7-12(11)15/h5-7H,4,8H2,1-3H3. The third kappa shape index (κ3) is 2.99. The highest BCUT2D eigenvalue weighted by molar-refractivity contribution is 6.31. The van der Waals surface area contributed by atoms with Crippen molar-refractivity contribution in [2.24, 2.45) is 0 Å². The predicted molar refractivity (Wildman–Crippen MR) is 76.0 cm³/mol. The first-order valence-corrected chi connectivity index (χ1v) is 6.73. The fourth-order valence-corrected chi connectivity index (χ4v) is 2.14. The molecule has 0 N–H and O–H groups in total. The van der Waals surface area contributed by atoms with E-state index in [0.29, 0.717) is 23.9 Å². The van der Waals surface area contributed by atoms with Gasteiger partial charge in [0, 0.05) is 5.02 Å². The van der Waals surface area contributed by atoms with E-state index >= 15 is 0 Å². The zero-order valence-corrected chi connectivity index (χ0v) is 12.4. The van der Waals surface area contributed by atoms with E-state index in [4.69, 9.17) is 16.3 Å². The van der Waals surface area contributed by atoms with Crippen molar-refractivity contribution in [2.45, 2.75) is 27.3 Å². The molecule has 0 aliphatic carbocycles. The number of aryl methyl sites for hydroxylation is 1. The molecule has 1 aromatic heterocycles. The van der Waals surface area contributed by atoms with Gasteiger partial charge in [-0.25, -0.2) is 9.48 Å². The summed E-state index contributed by atoms with van der Waals surface area (Å²) in [5.74, 6) is -0.453. The minimum Gasteiger partial charge on any atom is -0.461 e. The molecule has 1 heterocycles. The molecule has 1 aromatic carbocycles. The Hall–Kier alpha value is -1.88. The Bertz CT molecular complexity index is 637. The van der Waals surface area contributed by atoms with Gasteiger partial charge in [0.15, 0.2) is 5.69 Å². The molecule has 20 heavy (non-hydrogen) atoms. The summed E-state index contributed by atoms with van der Waals surface area (Å²) < 4.78 is 6.57. The normalized spacial score (nSPS) is 10.6. The number of rotatable bonds is 4. The van der Waals surface area contributed by atoms with E-state index in [1.54, 1.807) is 18.5 Å². The number of nitrogens with zero attached hydrogens (tertiary/aromatic N) is 3. The number of ether oxygens (including phenoxy) is 1. The zero-order chi connectivity index (χ0) is 14.7. The molecule has 0 unspecified atom stereocenters. The molecule has 106 valence electrons. The van der Waals surface area contributed by atoms with Gasteiger partial charge in [-0.1, -0.05) is 28.9 Å². The number of benzene rings is 1. The van der Waals surface area contributed by atoms with Crippen LogP contribution in [0.25, 0.3) is 0 Å². The van der Waals surface area contributed by atoms with Gasteiger partial charge in [-0.05, 0) is 38.0 Å².